The SMILES string of the molecule is Cc1ccn2c(C(=O)Nc3cc(Cl)ccc3O)c(C)nc2c1. The summed E-state index contributed by atoms with van der Waals surface area (Å²) in [4.78, 5) is 16.9. The number of pyridine rings is 1. The lowest BCUT2D eigenvalue weighted by molar-refractivity contribution is 0.102. The molecule has 1 amide bonds. The Morgan fingerprint density at radius 1 is 1.27 bits per heavy atom. The van der Waals surface area contributed by atoms with Gasteiger partial charge in [0.1, 0.15) is 17.1 Å². The molecule has 2 N–H and O–H groups in total. The number of carbonyl (C=O) groups is 1. The molecule has 0 saturated heterocycles. The molecule has 0 aliphatic carbocycles. The molecule has 0 radical (unpaired) electrons. The van der Waals surface area contributed by atoms with Gasteiger partial charge >= 0.3 is 0 Å². The van der Waals surface area contributed by atoms with Crippen molar-refractivity contribution in [3.8, 4) is 5.75 Å². The summed E-state index contributed by atoms with van der Waals surface area (Å²) in [5.74, 6) is -0.397. The Bertz CT molecular complexity index is 886. The van der Waals surface area contributed by atoms with E-state index in [1.165, 1.54) is 12.1 Å². The summed E-state index contributed by atoms with van der Waals surface area (Å²) in [5.41, 5.74) is 3.08. The van der Waals surface area contributed by atoms with Crippen LogP contribution in [0, 0.1) is 13.8 Å². The van der Waals surface area contributed by atoms with Crippen LogP contribution in [0.2, 0.25) is 5.02 Å². The number of nitrogens with zero attached hydrogens (tertiary/aromatic N) is 2. The molecule has 22 heavy (non-hydrogen) atoms. The number of aromatic hydroxyl groups is 1. The zero-order chi connectivity index (χ0) is 15.9. The molecule has 112 valence electrons. The maximum atomic E-state index is 12.5. The highest BCUT2D eigenvalue weighted by Gasteiger charge is 2.18. The molecular weight excluding hydrogens is 302 g/mol. The minimum absolute atomic E-state index is 0.0416. The molecule has 5 nitrogen and oxygen atoms in total. The van der Waals surface area contributed by atoms with Crippen LogP contribution in [0.4, 0.5) is 5.69 Å². The molecule has 0 fully saturated rings. The quantitative estimate of drug-likeness (QED) is 0.711. The highest BCUT2D eigenvalue weighted by molar-refractivity contribution is 6.31. The summed E-state index contributed by atoms with van der Waals surface area (Å²) < 4.78 is 1.72. The number of hydrogen-bond acceptors (Lipinski definition) is 3. The van der Waals surface area contributed by atoms with Gasteiger partial charge in [-0.25, -0.2) is 4.98 Å². The number of fused-ring (bicyclic) bond motifs is 1. The van der Waals surface area contributed by atoms with Gasteiger partial charge in [0.05, 0.1) is 11.4 Å². The predicted molar refractivity (Wildman–Crippen MR) is 85.7 cm³/mol. The van der Waals surface area contributed by atoms with Crippen LogP contribution in [0.5, 0.6) is 5.75 Å². The van der Waals surface area contributed by atoms with Crippen LogP contribution in [0.15, 0.2) is 36.5 Å². The Hall–Kier alpha value is -2.53. The van der Waals surface area contributed by atoms with Gasteiger partial charge in [-0.05, 0) is 49.7 Å². The van der Waals surface area contributed by atoms with E-state index in [4.69, 9.17) is 11.6 Å². The maximum Gasteiger partial charge on any atom is 0.274 e. The van der Waals surface area contributed by atoms with Crippen molar-refractivity contribution < 1.29 is 9.90 Å². The van der Waals surface area contributed by atoms with Crippen molar-refractivity contribution >= 4 is 28.8 Å². The van der Waals surface area contributed by atoms with E-state index >= 15 is 0 Å². The van der Waals surface area contributed by atoms with E-state index in [2.05, 4.69) is 10.3 Å². The van der Waals surface area contributed by atoms with Crippen LogP contribution in [-0.2, 0) is 0 Å². The fourth-order valence-electron chi connectivity index (χ4n) is 2.33. The van der Waals surface area contributed by atoms with Gasteiger partial charge < -0.3 is 10.4 Å². The van der Waals surface area contributed by atoms with Crippen molar-refractivity contribution in [1.29, 1.82) is 0 Å². The standard InChI is InChI=1S/C16H14ClN3O2/c1-9-5-6-20-14(7-9)18-10(2)15(20)16(22)19-12-8-11(17)3-4-13(12)21/h3-8,21H,1-2H3,(H,19,22). The number of carbonyl (C=O) groups excluding carboxylic acids is 1. The molecule has 0 spiro atoms. The van der Waals surface area contributed by atoms with Gasteiger partial charge in [0.15, 0.2) is 0 Å². The fraction of sp³-hybridized carbons (Fsp3) is 0.125. The number of benzene rings is 1. The molecule has 2 aromatic heterocycles. The first-order valence-corrected chi connectivity index (χ1v) is 7.08. The number of halogens is 1. The van der Waals surface area contributed by atoms with Crippen LogP contribution in [0.3, 0.4) is 0 Å². The number of aromatic nitrogens is 2. The van der Waals surface area contributed by atoms with Crippen LogP contribution < -0.4 is 5.32 Å². The van der Waals surface area contributed by atoms with Gasteiger partial charge in [0, 0.05) is 11.2 Å². The minimum Gasteiger partial charge on any atom is -0.506 e. The van der Waals surface area contributed by atoms with Crippen molar-refractivity contribution in [2.75, 3.05) is 5.32 Å². The van der Waals surface area contributed by atoms with E-state index in [1.807, 2.05) is 19.1 Å². The lowest BCUT2D eigenvalue weighted by Crippen LogP contribution is -2.15. The summed E-state index contributed by atoms with van der Waals surface area (Å²) >= 11 is 5.89. The second-order valence-corrected chi connectivity index (χ2v) is 5.53. The molecule has 0 unspecified atom stereocenters. The third-order valence-electron chi connectivity index (χ3n) is 3.38. The third kappa shape index (κ3) is 2.51. The molecule has 0 saturated carbocycles. The van der Waals surface area contributed by atoms with Crippen LogP contribution >= 0.6 is 11.6 Å². The molecule has 1 aromatic carbocycles. The normalized spacial score (nSPS) is 10.9. The lowest BCUT2D eigenvalue weighted by Gasteiger charge is -2.08. The van der Waals surface area contributed by atoms with Crippen LogP contribution in [-0.4, -0.2) is 20.4 Å². The number of amides is 1. The van der Waals surface area contributed by atoms with E-state index in [1.54, 1.807) is 23.6 Å². The van der Waals surface area contributed by atoms with Gasteiger partial charge in [0.2, 0.25) is 0 Å². The van der Waals surface area contributed by atoms with Crippen LogP contribution in [0.1, 0.15) is 21.7 Å². The monoisotopic (exact) mass is 315 g/mol. The Morgan fingerprint density at radius 3 is 2.82 bits per heavy atom. The van der Waals surface area contributed by atoms with Crippen LogP contribution in [0.25, 0.3) is 5.65 Å². The molecule has 0 atom stereocenters. The van der Waals surface area contributed by atoms with Crippen molar-refractivity contribution in [2.45, 2.75) is 13.8 Å². The second kappa shape index (κ2) is 5.35. The average molecular weight is 316 g/mol. The molecule has 0 aliphatic heterocycles. The largest absolute Gasteiger partial charge is 0.506 e. The fourth-order valence-corrected chi connectivity index (χ4v) is 2.50. The first-order chi connectivity index (χ1) is 10.5. The molecule has 3 rings (SSSR count). The number of rotatable bonds is 2. The molecule has 6 heteroatoms. The van der Waals surface area contributed by atoms with Gasteiger partial charge in [-0.3, -0.25) is 9.20 Å². The van der Waals surface area contributed by atoms with E-state index in [0.29, 0.717) is 22.1 Å². The molecule has 2 heterocycles. The Morgan fingerprint density at radius 2 is 2.05 bits per heavy atom. The molecule has 3 aromatic rings. The van der Waals surface area contributed by atoms with Crippen molar-refractivity contribution in [3.63, 3.8) is 0 Å². The Kier molecular flexibility index (Phi) is 3.50. The smallest absolute Gasteiger partial charge is 0.274 e. The summed E-state index contributed by atoms with van der Waals surface area (Å²) in [6.45, 7) is 3.74. The zero-order valence-corrected chi connectivity index (χ0v) is 12.8. The predicted octanol–water partition coefficient (Wildman–Crippen LogP) is 3.56. The zero-order valence-electron chi connectivity index (χ0n) is 12.1. The van der Waals surface area contributed by atoms with E-state index in [0.717, 1.165) is 5.56 Å². The number of aryl methyl sites for hydroxylation is 2. The Balaban J connectivity index is 2.02. The maximum absolute atomic E-state index is 12.5. The van der Waals surface area contributed by atoms with Gasteiger partial charge in [-0.2, -0.15) is 0 Å². The highest BCUT2D eigenvalue weighted by Crippen LogP contribution is 2.27. The van der Waals surface area contributed by atoms with Gasteiger partial charge in [0.25, 0.3) is 5.91 Å². The molecule has 0 bridgehead atoms. The van der Waals surface area contributed by atoms with Crippen molar-refractivity contribution in [2.24, 2.45) is 0 Å². The minimum atomic E-state index is -0.355. The summed E-state index contributed by atoms with van der Waals surface area (Å²) in [6.07, 6.45) is 1.80. The Labute approximate surface area is 132 Å². The topological polar surface area (TPSA) is 66.6 Å². The number of phenols is 1. The lowest BCUT2D eigenvalue weighted by atomic mass is 10.2. The first-order valence-electron chi connectivity index (χ1n) is 6.71. The van der Waals surface area contributed by atoms with Crippen molar-refractivity contribution in [3.05, 3.63) is 58.5 Å². The number of imidazole rings is 1. The number of nitrogens with one attached hydrogen (secondary N) is 1. The van der Waals surface area contributed by atoms with E-state index in [9.17, 15) is 9.90 Å². The summed E-state index contributed by atoms with van der Waals surface area (Å²) in [7, 11) is 0. The van der Waals surface area contributed by atoms with Crippen molar-refractivity contribution in [1.82, 2.24) is 9.38 Å². The highest BCUT2D eigenvalue weighted by atomic mass is 35.5. The second-order valence-electron chi connectivity index (χ2n) is 5.09. The molecular formula is C16H14ClN3O2. The number of phenolic OH excluding ortho intramolecular Hbond substituents is 1. The average Bonchev–Trinajstić information content (AvgIpc) is 2.77. The molecule has 0 aliphatic rings. The number of hydrogen-bond donors (Lipinski definition) is 2. The summed E-state index contributed by atoms with van der Waals surface area (Å²) in [5, 5.41) is 12.9. The number of anilines is 1. The first kappa shape index (κ1) is 14.4. The van der Waals surface area contributed by atoms with E-state index in [-0.39, 0.29) is 17.3 Å². The van der Waals surface area contributed by atoms with Gasteiger partial charge in [-0.15, -0.1) is 0 Å². The van der Waals surface area contributed by atoms with E-state index < -0.39 is 0 Å². The summed E-state index contributed by atoms with van der Waals surface area (Å²) in [6, 6.07) is 8.29. The van der Waals surface area contributed by atoms with Gasteiger partial charge in [-0.1, -0.05) is 11.6 Å². The third-order valence-corrected chi connectivity index (χ3v) is 3.61.